The molecule has 0 spiro atoms. The van der Waals surface area contributed by atoms with Gasteiger partial charge in [0.2, 0.25) is 5.88 Å². The molecule has 0 unspecified atom stereocenters. The number of benzene rings is 2. The van der Waals surface area contributed by atoms with Crippen molar-refractivity contribution in [3.05, 3.63) is 69.7 Å². The van der Waals surface area contributed by atoms with Crippen molar-refractivity contribution < 1.29 is 9.13 Å². The van der Waals surface area contributed by atoms with Crippen LogP contribution in [0.15, 0.2) is 52.8 Å². The first-order chi connectivity index (χ1) is 16.5. The Bertz CT molecular complexity index is 1220. The number of piperazine rings is 1. The van der Waals surface area contributed by atoms with Gasteiger partial charge in [0.15, 0.2) is 17.4 Å². The van der Waals surface area contributed by atoms with Crippen LogP contribution >= 0.6 is 15.9 Å². The molecule has 2 heterocycles. The lowest BCUT2D eigenvalue weighted by atomic mass is 10.1. The molecule has 0 saturated carbocycles. The third kappa shape index (κ3) is 4.65. The third-order valence-electron chi connectivity index (χ3n) is 6.37. The topological polar surface area (TPSA) is 53.5 Å². The molecular weight excluding hydrogens is 497 g/mol. The molecule has 0 atom stereocenters. The van der Waals surface area contributed by atoms with Gasteiger partial charge in [-0.3, -0.25) is 0 Å². The van der Waals surface area contributed by atoms with E-state index in [-0.39, 0.29) is 17.4 Å². The van der Waals surface area contributed by atoms with Gasteiger partial charge in [0.25, 0.3) is 0 Å². The Hall–Kier alpha value is -2.97. The number of nitrogens with one attached hydrogen (secondary N) is 1. The number of hydrogen-bond donors (Lipinski definition) is 1. The first-order valence-electron chi connectivity index (χ1n) is 11.5. The third-order valence-corrected chi connectivity index (χ3v) is 7.09. The van der Waals surface area contributed by atoms with Crippen LogP contribution in [0, 0.1) is 5.82 Å². The molecule has 1 N–H and O–H groups in total. The van der Waals surface area contributed by atoms with Crippen molar-refractivity contribution in [1.29, 1.82) is 0 Å². The molecule has 8 heteroatoms. The number of anilines is 3. The summed E-state index contributed by atoms with van der Waals surface area (Å²) in [5, 5.41) is 3.30. The Balaban J connectivity index is 1.30. The van der Waals surface area contributed by atoms with Gasteiger partial charge in [-0.2, -0.15) is 0 Å². The molecule has 1 saturated heterocycles. The molecule has 3 aromatic rings. The van der Waals surface area contributed by atoms with E-state index in [0.717, 1.165) is 56.0 Å². The number of hydrogen-bond acceptors (Lipinski definition) is 6. The van der Waals surface area contributed by atoms with E-state index in [9.17, 15) is 4.39 Å². The quantitative estimate of drug-likeness (QED) is 0.426. The van der Waals surface area contributed by atoms with Crippen molar-refractivity contribution in [2.45, 2.75) is 20.3 Å². The zero-order valence-electron chi connectivity index (χ0n) is 19.3. The maximum atomic E-state index is 15.0. The van der Waals surface area contributed by atoms with E-state index < -0.39 is 0 Å². The number of fused-ring (bicyclic) bond motifs is 1. The monoisotopic (exact) mass is 523 g/mol. The van der Waals surface area contributed by atoms with Gasteiger partial charge in [0.05, 0.1) is 0 Å². The van der Waals surface area contributed by atoms with Gasteiger partial charge < -0.3 is 19.9 Å². The summed E-state index contributed by atoms with van der Waals surface area (Å²) < 4.78 is 21.4. The second-order valence-electron chi connectivity index (χ2n) is 8.65. The molecule has 0 bridgehead atoms. The average molecular weight is 524 g/mol. The summed E-state index contributed by atoms with van der Waals surface area (Å²) >= 11 is 3.52. The summed E-state index contributed by atoms with van der Waals surface area (Å²) in [5.41, 5.74) is 4.81. The number of rotatable bonds is 6. The summed E-state index contributed by atoms with van der Waals surface area (Å²) in [6, 6.07) is 11.9. The van der Waals surface area contributed by atoms with Crippen molar-refractivity contribution in [3.63, 3.8) is 0 Å². The van der Waals surface area contributed by atoms with E-state index in [2.05, 4.69) is 60.1 Å². The van der Waals surface area contributed by atoms with Crippen LogP contribution < -0.4 is 15.0 Å². The summed E-state index contributed by atoms with van der Waals surface area (Å²) in [6.07, 6.45) is 4.04. The molecule has 176 valence electrons. The summed E-state index contributed by atoms with van der Waals surface area (Å²) in [5.74, 6) is 0.569. The number of aromatic nitrogens is 2. The predicted molar refractivity (Wildman–Crippen MR) is 138 cm³/mol. The lowest BCUT2D eigenvalue weighted by Gasteiger charge is -2.35. The van der Waals surface area contributed by atoms with Crippen LogP contribution in [0.3, 0.4) is 0 Å². The van der Waals surface area contributed by atoms with Crippen LogP contribution in [0.4, 0.5) is 21.6 Å². The summed E-state index contributed by atoms with van der Waals surface area (Å²) in [7, 11) is 0. The lowest BCUT2D eigenvalue weighted by molar-refractivity contribution is 0.271. The maximum Gasteiger partial charge on any atom is 0.239 e. The van der Waals surface area contributed by atoms with Crippen LogP contribution in [-0.2, 0) is 6.42 Å². The molecule has 1 aliphatic carbocycles. The Labute approximate surface area is 207 Å². The number of nitrogens with zero attached hydrogens (tertiary/aromatic N) is 4. The van der Waals surface area contributed by atoms with Gasteiger partial charge in [0.1, 0.15) is 10.8 Å². The molecule has 0 radical (unpaired) electrons. The highest BCUT2D eigenvalue weighted by molar-refractivity contribution is 9.10. The maximum absolute atomic E-state index is 15.0. The normalized spacial score (nSPS) is 15.8. The Morgan fingerprint density at radius 2 is 1.82 bits per heavy atom. The summed E-state index contributed by atoms with van der Waals surface area (Å²) in [4.78, 5) is 13.4. The first-order valence-corrected chi connectivity index (χ1v) is 12.3. The highest BCUT2D eigenvalue weighted by Gasteiger charge is 2.20. The SMILES string of the molecule is CCN1CCN(c2ccc(Nc3ncnc(Oc4ccc5c(c4F)C=C(C)C5)c3Br)cc2)CC1. The Morgan fingerprint density at radius 1 is 1.06 bits per heavy atom. The lowest BCUT2D eigenvalue weighted by Crippen LogP contribution is -2.46. The smallest absolute Gasteiger partial charge is 0.239 e. The molecule has 0 amide bonds. The molecule has 6 nitrogen and oxygen atoms in total. The van der Waals surface area contributed by atoms with Gasteiger partial charge in [-0.1, -0.05) is 24.6 Å². The van der Waals surface area contributed by atoms with Gasteiger partial charge in [-0.15, -0.1) is 0 Å². The van der Waals surface area contributed by atoms with Crippen molar-refractivity contribution >= 4 is 39.2 Å². The van der Waals surface area contributed by atoms with Crippen LogP contribution in [0.2, 0.25) is 0 Å². The van der Waals surface area contributed by atoms with Crippen molar-refractivity contribution in [2.24, 2.45) is 0 Å². The number of ether oxygens (including phenoxy) is 1. The molecule has 5 rings (SSSR count). The minimum Gasteiger partial charge on any atom is -0.435 e. The second kappa shape index (κ2) is 9.72. The highest BCUT2D eigenvalue weighted by Crippen LogP contribution is 2.37. The first kappa shape index (κ1) is 22.8. The van der Waals surface area contributed by atoms with Gasteiger partial charge >= 0.3 is 0 Å². The standard InChI is InChI=1S/C26H27BrFN5O/c1-3-32-10-12-33(13-11-32)20-7-5-19(6-8-20)31-25-23(27)26(30-16-29-25)34-22-9-4-18-14-17(2)15-21(18)24(22)28/h4-9,15-16H,3,10-14H2,1-2H3,(H,29,30,31). The van der Waals surface area contributed by atoms with Crippen LogP contribution in [0.1, 0.15) is 25.0 Å². The molecule has 2 aromatic carbocycles. The zero-order chi connectivity index (χ0) is 23.7. The molecule has 1 aliphatic heterocycles. The Morgan fingerprint density at radius 3 is 2.56 bits per heavy atom. The van der Waals surface area contributed by atoms with Gasteiger partial charge in [-0.25, -0.2) is 14.4 Å². The number of likely N-dealkylation sites (N-methyl/N-ethyl adjacent to an activating group) is 1. The van der Waals surface area contributed by atoms with Gasteiger partial charge in [0, 0.05) is 43.1 Å². The van der Waals surface area contributed by atoms with Crippen LogP contribution in [0.5, 0.6) is 11.6 Å². The number of halogens is 2. The van der Waals surface area contributed by atoms with E-state index in [1.54, 1.807) is 6.07 Å². The fourth-order valence-corrected chi connectivity index (χ4v) is 4.82. The fraction of sp³-hybridized carbons (Fsp3) is 0.308. The zero-order valence-corrected chi connectivity index (χ0v) is 20.9. The molecule has 2 aliphatic rings. The van der Waals surface area contributed by atoms with E-state index in [4.69, 9.17) is 4.74 Å². The van der Waals surface area contributed by atoms with E-state index >= 15 is 0 Å². The van der Waals surface area contributed by atoms with Crippen molar-refractivity contribution in [3.8, 4) is 11.6 Å². The molecule has 34 heavy (non-hydrogen) atoms. The summed E-state index contributed by atoms with van der Waals surface area (Å²) in [6.45, 7) is 9.56. The predicted octanol–water partition coefficient (Wildman–Crippen LogP) is 6.02. The highest BCUT2D eigenvalue weighted by atomic mass is 79.9. The minimum atomic E-state index is -0.371. The Kier molecular flexibility index (Phi) is 6.52. The molecule has 1 aromatic heterocycles. The largest absolute Gasteiger partial charge is 0.435 e. The molecule has 1 fully saturated rings. The number of allylic oxidation sites excluding steroid dienone is 1. The minimum absolute atomic E-state index is 0.141. The van der Waals surface area contributed by atoms with Crippen molar-refractivity contribution in [2.75, 3.05) is 42.9 Å². The van der Waals surface area contributed by atoms with Crippen LogP contribution in [-0.4, -0.2) is 47.6 Å². The average Bonchev–Trinajstić information content (AvgIpc) is 3.25. The van der Waals surface area contributed by atoms with Gasteiger partial charge in [-0.05, 0) is 71.7 Å². The molecular formula is C26H27BrFN5O. The van der Waals surface area contributed by atoms with E-state index in [1.165, 1.54) is 12.0 Å². The van der Waals surface area contributed by atoms with E-state index in [0.29, 0.717) is 15.9 Å². The second-order valence-corrected chi connectivity index (χ2v) is 9.45. The van der Waals surface area contributed by atoms with Crippen LogP contribution in [0.25, 0.3) is 6.08 Å². The van der Waals surface area contributed by atoms with Crippen molar-refractivity contribution in [1.82, 2.24) is 14.9 Å². The van der Waals surface area contributed by atoms with E-state index in [1.807, 2.05) is 31.2 Å². The fourth-order valence-electron chi connectivity index (χ4n) is 4.43.